The Balaban J connectivity index is 1.70. The standard InChI is InChI=1S/C14H17N3O/c1-18-12-4-2-3-11(7-12)8-17-6-5-13-14(9-17)16-10-15-13/h2-4,7,10H,5-6,8-9H2,1H3,(H,15,16). The molecular weight excluding hydrogens is 226 g/mol. The van der Waals surface area contributed by atoms with E-state index in [2.05, 4.69) is 27.0 Å². The molecule has 0 radical (unpaired) electrons. The quantitative estimate of drug-likeness (QED) is 0.896. The van der Waals surface area contributed by atoms with Crippen LogP contribution in [0.1, 0.15) is 17.0 Å². The number of benzene rings is 1. The molecule has 1 aliphatic rings. The molecule has 1 aliphatic heterocycles. The number of aromatic nitrogens is 2. The van der Waals surface area contributed by atoms with E-state index in [4.69, 9.17) is 4.74 Å². The molecule has 1 aromatic heterocycles. The molecule has 4 heteroatoms. The number of imidazole rings is 1. The van der Waals surface area contributed by atoms with Gasteiger partial charge in [-0.2, -0.15) is 0 Å². The number of rotatable bonds is 3. The van der Waals surface area contributed by atoms with Gasteiger partial charge in [-0.25, -0.2) is 4.98 Å². The van der Waals surface area contributed by atoms with E-state index < -0.39 is 0 Å². The highest BCUT2D eigenvalue weighted by Crippen LogP contribution is 2.19. The molecule has 0 amide bonds. The van der Waals surface area contributed by atoms with E-state index in [0.717, 1.165) is 31.8 Å². The maximum Gasteiger partial charge on any atom is 0.119 e. The molecule has 2 aromatic rings. The smallest absolute Gasteiger partial charge is 0.119 e. The van der Waals surface area contributed by atoms with Crippen molar-refractivity contribution in [2.24, 2.45) is 0 Å². The van der Waals surface area contributed by atoms with E-state index in [9.17, 15) is 0 Å². The van der Waals surface area contributed by atoms with Crippen molar-refractivity contribution in [3.8, 4) is 5.75 Å². The van der Waals surface area contributed by atoms with E-state index in [-0.39, 0.29) is 0 Å². The average Bonchev–Trinajstić information content (AvgIpc) is 2.86. The third-order valence-corrected chi connectivity index (χ3v) is 3.40. The van der Waals surface area contributed by atoms with Crippen LogP contribution in [0.2, 0.25) is 0 Å². The van der Waals surface area contributed by atoms with Gasteiger partial charge in [0, 0.05) is 31.7 Å². The first-order valence-corrected chi connectivity index (χ1v) is 6.21. The fraction of sp³-hybridized carbons (Fsp3) is 0.357. The van der Waals surface area contributed by atoms with Crippen molar-refractivity contribution in [3.05, 3.63) is 47.5 Å². The van der Waals surface area contributed by atoms with Crippen LogP contribution in [0.5, 0.6) is 5.75 Å². The topological polar surface area (TPSA) is 41.1 Å². The number of nitrogens with zero attached hydrogens (tertiary/aromatic N) is 2. The molecule has 1 N–H and O–H groups in total. The molecule has 3 rings (SSSR count). The average molecular weight is 243 g/mol. The molecular formula is C14H17N3O. The normalized spacial score (nSPS) is 15.4. The molecule has 94 valence electrons. The number of methoxy groups -OCH3 is 1. The lowest BCUT2D eigenvalue weighted by atomic mass is 10.1. The molecule has 0 atom stereocenters. The summed E-state index contributed by atoms with van der Waals surface area (Å²) in [5.41, 5.74) is 3.76. The van der Waals surface area contributed by atoms with Crippen LogP contribution < -0.4 is 4.74 Å². The Morgan fingerprint density at radius 1 is 1.44 bits per heavy atom. The van der Waals surface area contributed by atoms with Crippen LogP contribution in [0.3, 0.4) is 0 Å². The third-order valence-electron chi connectivity index (χ3n) is 3.40. The fourth-order valence-electron chi connectivity index (χ4n) is 2.43. The zero-order valence-corrected chi connectivity index (χ0v) is 10.5. The lowest BCUT2D eigenvalue weighted by Gasteiger charge is -2.26. The maximum atomic E-state index is 5.25. The molecule has 4 nitrogen and oxygen atoms in total. The maximum absolute atomic E-state index is 5.25. The fourth-order valence-corrected chi connectivity index (χ4v) is 2.43. The van der Waals surface area contributed by atoms with E-state index in [1.54, 1.807) is 13.4 Å². The third kappa shape index (κ3) is 2.24. The minimum absolute atomic E-state index is 0.921. The summed E-state index contributed by atoms with van der Waals surface area (Å²) in [6.07, 6.45) is 2.85. The summed E-state index contributed by atoms with van der Waals surface area (Å²) in [6.45, 7) is 2.95. The lowest BCUT2D eigenvalue weighted by Crippen LogP contribution is -2.30. The molecule has 0 saturated heterocycles. The summed E-state index contributed by atoms with van der Waals surface area (Å²) < 4.78 is 5.25. The Morgan fingerprint density at radius 3 is 3.28 bits per heavy atom. The van der Waals surface area contributed by atoms with Crippen LogP contribution in [-0.2, 0) is 19.5 Å². The zero-order chi connectivity index (χ0) is 12.4. The van der Waals surface area contributed by atoms with Gasteiger partial charge in [0.2, 0.25) is 0 Å². The van der Waals surface area contributed by atoms with Gasteiger partial charge in [0.1, 0.15) is 5.75 Å². The summed E-state index contributed by atoms with van der Waals surface area (Å²) in [4.78, 5) is 9.98. The molecule has 0 unspecified atom stereocenters. The first-order chi connectivity index (χ1) is 8.85. The summed E-state index contributed by atoms with van der Waals surface area (Å²) >= 11 is 0. The Morgan fingerprint density at radius 2 is 2.39 bits per heavy atom. The summed E-state index contributed by atoms with van der Waals surface area (Å²) in [5, 5.41) is 0. The Hall–Kier alpha value is -1.81. The predicted molar refractivity (Wildman–Crippen MR) is 69.4 cm³/mol. The van der Waals surface area contributed by atoms with Gasteiger partial charge in [-0.1, -0.05) is 12.1 Å². The van der Waals surface area contributed by atoms with Crippen LogP contribution in [0.15, 0.2) is 30.6 Å². The predicted octanol–water partition coefficient (Wildman–Crippen LogP) is 1.98. The molecule has 0 fully saturated rings. The van der Waals surface area contributed by atoms with Crippen molar-refractivity contribution in [1.29, 1.82) is 0 Å². The number of nitrogens with one attached hydrogen (secondary N) is 1. The summed E-state index contributed by atoms with van der Waals surface area (Å²) in [6, 6.07) is 8.26. The molecule has 0 saturated carbocycles. The van der Waals surface area contributed by atoms with Gasteiger partial charge in [-0.05, 0) is 17.7 Å². The van der Waals surface area contributed by atoms with Gasteiger partial charge in [0.15, 0.2) is 0 Å². The zero-order valence-electron chi connectivity index (χ0n) is 10.5. The van der Waals surface area contributed by atoms with E-state index >= 15 is 0 Å². The van der Waals surface area contributed by atoms with Crippen molar-refractivity contribution >= 4 is 0 Å². The van der Waals surface area contributed by atoms with Gasteiger partial charge < -0.3 is 9.72 Å². The van der Waals surface area contributed by atoms with Gasteiger partial charge >= 0.3 is 0 Å². The van der Waals surface area contributed by atoms with Crippen LogP contribution in [0.25, 0.3) is 0 Å². The summed E-state index contributed by atoms with van der Waals surface area (Å²) in [7, 11) is 1.70. The SMILES string of the molecule is COc1cccc(CN2CCc3[nH]cnc3C2)c1. The second-order valence-electron chi connectivity index (χ2n) is 4.64. The molecule has 0 spiro atoms. The molecule has 18 heavy (non-hydrogen) atoms. The van der Waals surface area contributed by atoms with E-state index in [0.29, 0.717) is 0 Å². The molecule has 2 heterocycles. The molecule has 0 aliphatic carbocycles. The second-order valence-corrected chi connectivity index (χ2v) is 4.64. The van der Waals surface area contributed by atoms with Crippen LogP contribution >= 0.6 is 0 Å². The highest BCUT2D eigenvalue weighted by atomic mass is 16.5. The lowest BCUT2D eigenvalue weighted by molar-refractivity contribution is 0.241. The van der Waals surface area contributed by atoms with Gasteiger partial charge in [0.25, 0.3) is 0 Å². The number of hydrogen-bond acceptors (Lipinski definition) is 3. The van der Waals surface area contributed by atoms with Crippen molar-refractivity contribution < 1.29 is 4.74 Å². The number of fused-ring (bicyclic) bond motifs is 1. The molecule has 1 aromatic carbocycles. The number of aromatic amines is 1. The van der Waals surface area contributed by atoms with Crippen molar-refractivity contribution in [2.75, 3.05) is 13.7 Å². The van der Waals surface area contributed by atoms with Crippen molar-refractivity contribution in [3.63, 3.8) is 0 Å². The van der Waals surface area contributed by atoms with Gasteiger partial charge in [0.05, 0.1) is 19.1 Å². The highest BCUT2D eigenvalue weighted by molar-refractivity contribution is 5.28. The minimum atomic E-state index is 0.921. The van der Waals surface area contributed by atoms with E-state index in [1.807, 2.05) is 12.1 Å². The first-order valence-electron chi connectivity index (χ1n) is 6.21. The number of hydrogen-bond donors (Lipinski definition) is 1. The van der Waals surface area contributed by atoms with Crippen LogP contribution in [-0.4, -0.2) is 28.5 Å². The number of H-pyrrole nitrogens is 1. The summed E-state index contributed by atoms with van der Waals surface area (Å²) in [5.74, 6) is 0.921. The second kappa shape index (κ2) is 4.82. The Kier molecular flexibility index (Phi) is 3.02. The molecule has 0 bridgehead atoms. The monoisotopic (exact) mass is 243 g/mol. The van der Waals surface area contributed by atoms with Gasteiger partial charge in [-0.15, -0.1) is 0 Å². The highest BCUT2D eigenvalue weighted by Gasteiger charge is 2.18. The largest absolute Gasteiger partial charge is 0.497 e. The van der Waals surface area contributed by atoms with E-state index in [1.165, 1.54) is 17.0 Å². The Bertz CT molecular complexity index is 535. The van der Waals surface area contributed by atoms with Crippen molar-refractivity contribution in [2.45, 2.75) is 19.5 Å². The number of ether oxygens (including phenoxy) is 1. The first kappa shape index (κ1) is 11.3. The van der Waals surface area contributed by atoms with Gasteiger partial charge in [-0.3, -0.25) is 4.90 Å². The van der Waals surface area contributed by atoms with Crippen LogP contribution in [0, 0.1) is 0 Å². The van der Waals surface area contributed by atoms with Crippen LogP contribution in [0.4, 0.5) is 0 Å². The Labute approximate surface area is 107 Å². The van der Waals surface area contributed by atoms with Crippen molar-refractivity contribution in [1.82, 2.24) is 14.9 Å². The minimum Gasteiger partial charge on any atom is -0.497 e.